The lowest BCUT2D eigenvalue weighted by atomic mass is 9.83. The normalized spacial score (nSPS) is 25.0. The van der Waals surface area contributed by atoms with E-state index < -0.39 is 15.6 Å². The molecular weight excluding hydrogens is 296 g/mol. The molecule has 0 aromatic heterocycles. The van der Waals surface area contributed by atoms with Gasteiger partial charge in [0.2, 0.25) is 15.9 Å². The van der Waals surface area contributed by atoms with Crippen LogP contribution < -0.4 is 0 Å². The Hall–Kier alpha value is -0.700. The SMILES string of the molecule is CCS(=O)(=O)N1CC2(C1)OCC[C@@H]2COCC(=O)N(C)C. The highest BCUT2D eigenvalue weighted by Gasteiger charge is 2.55. The van der Waals surface area contributed by atoms with Crippen LogP contribution in [0.15, 0.2) is 0 Å². The van der Waals surface area contributed by atoms with Gasteiger partial charge in [-0.05, 0) is 13.3 Å². The zero-order chi connectivity index (χ0) is 15.7. The highest BCUT2D eigenvalue weighted by Crippen LogP contribution is 2.41. The number of likely N-dealkylation sites (N-methyl/N-ethyl adjacent to an activating group) is 1. The first kappa shape index (κ1) is 16.7. The Kier molecular flexibility index (Phi) is 4.92. The summed E-state index contributed by atoms with van der Waals surface area (Å²) in [6, 6.07) is 0. The minimum atomic E-state index is -3.14. The van der Waals surface area contributed by atoms with E-state index in [4.69, 9.17) is 9.47 Å². The van der Waals surface area contributed by atoms with Crippen molar-refractivity contribution in [1.82, 2.24) is 9.21 Å². The summed E-state index contributed by atoms with van der Waals surface area (Å²) in [7, 11) is 0.230. The summed E-state index contributed by atoms with van der Waals surface area (Å²) in [5.41, 5.74) is -0.413. The van der Waals surface area contributed by atoms with Crippen LogP contribution in [-0.4, -0.2) is 81.9 Å². The van der Waals surface area contributed by atoms with E-state index in [9.17, 15) is 13.2 Å². The van der Waals surface area contributed by atoms with Gasteiger partial charge in [0.25, 0.3) is 0 Å². The molecule has 2 saturated heterocycles. The van der Waals surface area contributed by atoms with Crippen molar-refractivity contribution < 1.29 is 22.7 Å². The summed E-state index contributed by atoms with van der Waals surface area (Å²) in [6.07, 6.45) is 0.843. The fourth-order valence-corrected chi connectivity index (χ4v) is 3.91. The zero-order valence-electron chi connectivity index (χ0n) is 12.9. The number of amides is 1. The molecule has 0 N–H and O–H groups in total. The second-order valence-corrected chi connectivity index (χ2v) is 8.13. The van der Waals surface area contributed by atoms with Gasteiger partial charge in [0.15, 0.2) is 0 Å². The van der Waals surface area contributed by atoms with Gasteiger partial charge in [0.05, 0.1) is 12.4 Å². The van der Waals surface area contributed by atoms with E-state index >= 15 is 0 Å². The van der Waals surface area contributed by atoms with E-state index in [1.807, 2.05) is 0 Å². The lowest BCUT2D eigenvalue weighted by Gasteiger charge is -2.49. The number of rotatable bonds is 6. The van der Waals surface area contributed by atoms with Crippen molar-refractivity contribution >= 4 is 15.9 Å². The Labute approximate surface area is 126 Å². The van der Waals surface area contributed by atoms with Gasteiger partial charge in [-0.3, -0.25) is 4.79 Å². The van der Waals surface area contributed by atoms with Gasteiger partial charge in [-0.25, -0.2) is 8.42 Å². The number of carbonyl (C=O) groups is 1. The molecule has 0 aliphatic carbocycles. The molecule has 0 aromatic rings. The van der Waals surface area contributed by atoms with Crippen molar-refractivity contribution in [2.75, 3.05) is 52.8 Å². The van der Waals surface area contributed by atoms with Crippen molar-refractivity contribution in [2.45, 2.75) is 18.9 Å². The summed E-state index contributed by atoms with van der Waals surface area (Å²) in [5.74, 6) is 0.184. The maximum atomic E-state index is 11.8. The van der Waals surface area contributed by atoms with Gasteiger partial charge in [0, 0.05) is 39.7 Å². The highest BCUT2D eigenvalue weighted by molar-refractivity contribution is 7.89. The van der Waals surface area contributed by atoms with E-state index in [0.717, 1.165) is 6.42 Å². The second kappa shape index (κ2) is 6.20. The zero-order valence-corrected chi connectivity index (χ0v) is 13.7. The van der Waals surface area contributed by atoms with E-state index in [1.165, 1.54) is 9.21 Å². The van der Waals surface area contributed by atoms with E-state index in [-0.39, 0.29) is 24.2 Å². The Morgan fingerprint density at radius 3 is 2.67 bits per heavy atom. The third-order valence-electron chi connectivity index (χ3n) is 4.29. The molecule has 0 bridgehead atoms. The summed E-state index contributed by atoms with van der Waals surface area (Å²) >= 11 is 0. The molecule has 0 unspecified atom stereocenters. The van der Waals surface area contributed by atoms with Gasteiger partial charge in [-0.1, -0.05) is 0 Å². The maximum absolute atomic E-state index is 11.8. The molecule has 8 heteroatoms. The summed E-state index contributed by atoms with van der Waals surface area (Å²) in [4.78, 5) is 13.0. The molecule has 2 aliphatic heterocycles. The number of hydrogen-bond acceptors (Lipinski definition) is 5. The van der Waals surface area contributed by atoms with Crippen molar-refractivity contribution in [3.05, 3.63) is 0 Å². The Morgan fingerprint density at radius 2 is 2.10 bits per heavy atom. The average Bonchev–Trinajstić information content (AvgIpc) is 2.80. The van der Waals surface area contributed by atoms with Gasteiger partial charge >= 0.3 is 0 Å². The van der Waals surface area contributed by atoms with Gasteiger partial charge in [-0.15, -0.1) is 0 Å². The molecule has 1 amide bonds. The third-order valence-corrected chi connectivity index (χ3v) is 6.06. The average molecular weight is 320 g/mol. The quantitative estimate of drug-likeness (QED) is 0.661. The Morgan fingerprint density at radius 1 is 1.43 bits per heavy atom. The van der Waals surface area contributed by atoms with Crippen molar-refractivity contribution in [1.29, 1.82) is 0 Å². The van der Waals surface area contributed by atoms with Crippen molar-refractivity contribution in [3.63, 3.8) is 0 Å². The number of ether oxygens (including phenoxy) is 2. The number of carbonyl (C=O) groups excluding carboxylic acids is 1. The minimum absolute atomic E-state index is 0.0521. The smallest absolute Gasteiger partial charge is 0.248 e. The van der Waals surface area contributed by atoms with Crippen LogP contribution in [0.4, 0.5) is 0 Å². The molecule has 2 rings (SSSR count). The van der Waals surface area contributed by atoms with Crippen LogP contribution in [0, 0.1) is 5.92 Å². The Bertz CT molecular complexity index is 485. The van der Waals surface area contributed by atoms with Crippen LogP contribution in [0.1, 0.15) is 13.3 Å². The highest BCUT2D eigenvalue weighted by atomic mass is 32.2. The first-order chi connectivity index (χ1) is 9.81. The molecule has 1 atom stereocenters. The molecule has 0 saturated carbocycles. The van der Waals surface area contributed by atoms with E-state index in [1.54, 1.807) is 21.0 Å². The van der Waals surface area contributed by atoms with Gasteiger partial charge in [-0.2, -0.15) is 4.31 Å². The van der Waals surface area contributed by atoms with E-state index in [0.29, 0.717) is 26.3 Å². The van der Waals surface area contributed by atoms with Crippen molar-refractivity contribution in [3.8, 4) is 0 Å². The van der Waals surface area contributed by atoms with Crippen LogP contribution in [0.3, 0.4) is 0 Å². The number of nitrogens with zero attached hydrogens (tertiary/aromatic N) is 2. The monoisotopic (exact) mass is 320 g/mol. The second-order valence-electron chi connectivity index (χ2n) is 5.87. The number of hydrogen-bond donors (Lipinski definition) is 0. The predicted molar refractivity (Wildman–Crippen MR) is 77.3 cm³/mol. The summed E-state index contributed by atoms with van der Waals surface area (Å²) in [6.45, 7) is 3.55. The molecular formula is C13H24N2O5S. The molecule has 2 fully saturated rings. The molecule has 122 valence electrons. The van der Waals surface area contributed by atoms with Crippen LogP contribution in [-0.2, 0) is 24.3 Å². The molecule has 7 nitrogen and oxygen atoms in total. The molecule has 1 spiro atoms. The third kappa shape index (κ3) is 3.39. The lowest BCUT2D eigenvalue weighted by molar-refractivity contribution is -0.138. The van der Waals surface area contributed by atoms with Gasteiger partial charge < -0.3 is 14.4 Å². The molecule has 2 heterocycles. The molecule has 2 aliphatic rings. The maximum Gasteiger partial charge on any atom is 0.248 e. The first-order valence-electron chi connectivity index (χ1n) is 7.20. The summed E-state index contributed by atoms with van der Waals surface area (Å²) < 4.78 is 36.3. The lowest BCUT2D eigenvalue weighted by Crippen LogP contribution is -2.66. The van der Waals surface area contributed by atoms with Crippen LogP contribution in [0.5, 0.6) is 0 Å². The molecule has 21 heavy (non-hydrogen) atoms. The number of sulfonamides is 1. The predicted octanol–water partition coefficient (Wildman–Crippen LogP) is -0.468. The minimum Gasteiger partial charge on any atom is -0.372 e. The Balaban J connectivity index is 1.84. The topological polar surface area (TPSA) is 76.1 Å². The molecule has 0 radical (unpaired) electrons. The van der Waals surface area contributed by atoms with E-state index in [2.05, 4.69) is 0 Å². The van der Waals surface area contributed by atoms with Gasteiger partial charge in [0.1, 0.15) is 12.2 Å². The standard InChI is InChI=1S/C13H24N2O5S/c1-4-21(17,18)15-9-13(10-15)11(5-6-20-13)7-19-8-12(16)14(2)3/h11H,4-10H2,1-3H3/t11-/m1/s1. The summed E-state index contributed by atoms with van der Waals surface area (Å²) in [5, 5.41) is 0. The largest absolute Gasteiger partial charge is 0.372 e. The van der Waals surface area contributed by atoms with Crippen LogP contribution in [0.25, 0.3) is 0 Å². The fourth-order valence-electron chi connectivity index (χ4n) is 2.72. The van der Waals surface area contributed by atoms with Crippen LogP contribution in [0.2, 0.25) is 0 Å². The first-order valence-corrected chi connectivity index (χ1v) is 8.81. The van der Waals surface area contributed by atoms with Crippen molar-refractivity contribution in [2.24, 2.45) is 5.92 Å². The molecule has 0 aromatic carbocycles. The fraction of sp³-hybridized carbons (Fsp3) is 0.923. The van der Waals surface area contributed by atoms with Crippen LogP contribution >= 0.6 is 0 Å².